The SMILES string of the molecule is C=CC(=O)OCC1c2ncc(CN(C)c3c(Cl)cccc3N(C)C(=O)C3CCC(=O)N3c3cc(C(F)(F)F)cc(C)n3)cc2CN1C(=O)C=C. The van der Waals surface area contributed by atoms with Crippen molar-refractivity contribution in [1.82, 2.24) is 14.9 Å². The minimum Gasteiger partial charge on any atom is -0.460 e. The van der Waals surface area contributed by atoms with Crippen LogP contribution in [0.2, 0.25) is 5.02 Å². The third-order valence-electron chi connectivity index (χ3n) is 8.57. The third-order valence-corrected chi connectivity index (χ3v) is 8.87. The molecule has 1 fully saturated rings. The van der Waals surface area contributed by atoms with E-state index >= 15 is 0 Å². The van der Waals surface area contributed by atoms with Gasteiger partial charge in [-0.3, -0.25) is 24.3 Å². The van der Waals surface area contributed by atoms with Crippen molar-refractivity contribution < 1.29 is 37.1 Å². The first-order chi connectivity index (χ1) is 23.6. The van der Waals surface area contributed by atoms with E-state index in [4.69, 9.17) is 16.3 Å². The highest BCUT2D eigenvalue weighted by Gasteiger charge is 2.42. The molecule has 262 valence electrons. The molecule has 0 radical (unpaired) electrons. The van der Waals surface area contributed by atoms with Crippen LogP contribution in [0.25, 0.3) is 0 Å². The Labute approximate surface area is 291 Å². The van der Waals surface area contributed by atoms with Gasteiger partial charge < -0.3 is 19.4 Å². The maximum atomic E-state index is 14.0. The van der Waals surface area contributed by atoms with Gasteiger partial charge in [0.1, 0.15) is 24.5 Å². The molecule has 5 rings (SSSR count). The molecule has 1 aromatic carbocycles. The van der Waals surface area contributed by atoms with Crippen LogP contribution in [0.1, 0.15) is 47.0 Å². The first-order valence-corrected chi connectivity index (χ1v) is 15.9. The zero-order valence-electron chi connectivity index (χ0n) is 27.5. The average molecular weight is 711 g/mol. The number of benzene rings is 1. The molecule has 2 aliphatic rings. The predicted molar refractivity (Wildman–Crippen MR) is 180 cm³/mol. The van der Waals surface area contributed by atoms with Crippen molar-refractivity contribution in [2.45, 2.75) is 51.1 Å². The summed E-state index contributed by atoms with van der Waals surface area (Å²) in [7, 11) is 3.28. The van der Waals surface area contributed by atoms with Gasteiger partial charge in [0.25, 0.3) is 0 Å². The quantitative estimate of drug-likeness (QED) is 0.199. The molecule has 2 unspecified atom stereocenters. The van der Waals surface area contributed by atoms with E-state index in [1.807, 2.05) is 11.0 Å². The first-order valence-electron chi connectivity index (χ1n) is 15.5. The van der Waals surface area contributed by atoms with Gasteiger partial charge in [-0.25, -0.2) is 9.78 Å². The summed E-state index contributed by atoms with van der Waals surface area (Å²) >= 11 is 6.70. The number of halogens is 4. The van der Waals surface area contributed by atoms with Crippen LogP contribution in [-0.4, -0.2) is 65.3 Å². The number of hydrogen-bond acceptors (Lipinski definition) is 8. The largest absolute Gasteiger partial charge is 0.460 e. The first kappa shape index (κ1) is 36.1. The van der Waals surface area contributed by atoms with Gasteiger partial charge in [0.2, 0.25) is 17.7 Å². The van der Waals surface area contributed by atoms with Crippen LogP contribution in [0.3, 0.4) is 0 Å². The molecule has 1 saturated heterocycles. The summed E-state index contributed by atoms with van der Waals surface area (Å²) in [6, 6.07) is 6.84. The van der Waals surface area contributed by atoms with Crippen LogP contribution in [0, 0.1) is 6.92 Å². The van der Waals surface area contributed by atoms with Crippen LogP contribution >= 0.6 is 11.6 Å². The Balaban J connectivity index is 1.40. The minimum absolute atomic E-state index is 0.0395. The number of alkyl halides is 3. The Morgan fingerprint density at radius 3 is 2.56 bits per heavy atom. The van der Waals surface area contributed by atoms with Crippen molar-refractivity contribution in [2.75, 3.05) is 35.4 Å². The Hall–Kier alpha value is -5.24. The highest BCUT2D eigenvalue weighted by atomic mass is 35.5. The summed E-state index contributed by atoms with van der Waals surface area (Å²) in [5.74, 6) is -2.26. The molecule has 50 heavy (non-hydrogen) atoms. The van der Waals surface area contributed by atoms with Crippen molar-refractivity contribution >= 4 is 52.5 Å². The van der Waals surface area contributed by atoms with Gasteiger partial charge in [-0.15, -0.1) is 0 Å². The van der Waals surface area contributed by atoms with Crippen LogP contribution in [0.4, 0.5) is 30.4 Å². The molecule has 4 heterocycles. The standard InChI is InChI=1S/C35H34ClF3N6O5/c1-6-29(46)44-18-22-14-21(16-40-32(22)27(44)19-50-31(48)7-2)17-42(4)33-24(36)9-8-10-25(33)43(5)34(49)26-11-12-30(47)45(26)28-15-23(35(37,38)39)13-20(3)41-28/h6-10,13-16,26-27H,1-2,11-12,17-19H2,3-5H3. The van der Waals surface area contributed by atoms with Gasteiger partial charge in [-0.05, 0) is 60.9 Å². The Morgan fingerprint density at radius 2 is 1.88 bits per heavy atom. The van der Waals surface area contributed by atoms with Crippen LogP contribution in [0.15, 0.2) is 67.9 Å². The van der Waals surface area contributed by atoms with E-state index in [1.54, 1.807) is 31.4 Å². The number of esters is 1. The highest BCUT2D eigenvalue weighted by molar-refractivity contribution is 6.34. The molecule has 0 spiro atoms. The fourth-order valence-corrected chi connectivity index (χ4v) is 6.57. The van der Waals surface area contributed by atoms with Crippen LogP contribution in [-0.2, 0) is 43.2 Å². The fraction of sp³-hybridized carbons (Fsp3) is 0.314. The van der Waals surface area contributed by atoms with Gasteiger partial charge in [-0.1, -0.05) is 30.8 Å². The van der Waals surface area contributed by atoms with E-state index < -0.39 is 41.6 Å². The molecule has 11 nitrogen and oxygen atoms in total. The number of nitrogens with zero attached hydrogens (tertiary/aromatic N) is 6. The maximum Gasteiger partial charge on any atom is 0.416 e. The normalized spacial score (nSPS) is 17.0. The number of amides is 3. The van der Waals surface area contributed by atoms with Gasteiger partial charge in [0.05, 0.1) is 27.7 Å². The number of carbonyl (C=O) groups is 4. The Bertz CT molecular complexity index is 1890. The fourth-order valence-electron chi connectivity index (χ4n) is 6.25. The molecule has 15 heteroatoms. The van der Waals surface area contributed by atoms with Gasteiger partial charge in [0, 0.05) is 51.6 Å². The molecule has 0 N–H and O–H groups in total. The van der Waals surface area contributed by atoms with Crippen molar-refractivity contribution in [1.29, 1.82) is 0 Å². The van der Waals surface area contributed by atoms with Crippen molar-refractivity contribution in [3.05, 3.63) is 101 Å². The second kappa shape index (κ2) is 14.3. The van der Waals surface area contributed by atoms with E-state index in [1.165, 1.54) is 29.8 Å². The molecule has 0 aliphatic carbocycles. The predicted octanol–water partition coefficient (Wildman–Crippen LogP) is 5.55. The number of ether oxygens (including phenoxy) is 1. The lowest BCUT2D eigenvalue weighted by atomic mass is 10.1. The summed E-state index contributed by atoms with van der Waals surface area (Å²) in [5, 5.41) is 0.320. The molecular weight excluding hydrogens is 677 g/mol. The molecular formula is C35H34ClF3N6O5. The summed E-state index contributed by atoms with van der Waals surface area (Å²) in [6.07, 6.45) is -0.768. The minimum atomic E-state index is -4.67. The van der Waals surface area contributed by atoms with E-state index in [-0.39, 0.29) is 50.0 Å². The summed E-state index contributed by atoms with van der Waals surface area (Å²) < 4.78 is 46.0. The summed E-state index contributed by atoms with van der Waals surface area (Å²) in [4.78, 5) is 65.8. The summed E-state index contributed by atoms with van der Waals surface area (Å²) in [6.45, 7) is 8.73. The maximum absolute atomic E-state index is 14.0. The lowest BCUT2D eigenvalue weighted by molar-refractivity contribution is -0.142. The number of anilines is 3. The van der Waals surface area contributed by atoms with Crippen molar-refractivity contribution in [3.63, 3.8) is 0 Å². The number of likely N-dealkylation sites (N-methyl/N-ethyl adjacent to an activating group) is 1. The molecule has 3 aromatic rings. The van der Waals surface area contributed by atoms with Crippen LogP contribution in [0.5, 0.6) is 0 Å². The number of pyridine rings is 2. The number of hydrogen-bond donors (Lipinski definition) is 0. The monoisotopic (exact) mass is 710 g/mol. The van der Waals surface area contributed by atoms with Crippen molar-refractivity contribution in [3.8, 4) is 0 Å². The second-order valence-corrected chi connectivity index (χ2v) is 12.3. The summed E-state index contributed by atoms with van der Waals surface area (Å²) in [5.41, 5.74) is 2.05. The van der Waals surface area contributed by atoms with E-state index in [2.05, 4.69) is 23.1 Å². The Morgan fingerprint density at radius 1 is 1.14 bits per heavy atom. The average Bonchev–Trinajstić information content (AvgIpc) is 3.64. The zero-order chi connectivity index (χ0) is 36.5. The van der Waals surface area contributed by atoms with Gasteiger partial charge >= 0.3 is 12.1 Å². The molecule has 2 atom stereocenters. The third kappa shape index (κ3) is 7.20. The van der Waals surface area contributed by atoms with Gasteiger partial charge in [-0.2, -0.15) is 13.2 Å². The number of carbonyl (C=O) groups excluding carboxylic acids is 4. The lowest BCUT2D eigenvalue weighted by Crippen LogP contribution is -2.46. The molecule has 0 saturated carbocycles. The Kier molecular flexibility index (Phi) is 10.3. The number of aromatic nitrogens is 2. The van der Waals surface area contributed by atoms with E-state index in [0.717, 1.165) is 34.2 Å². The number of para-hydroxylation sites is 1. The molecule has 3 amide bonds. The second-order valence-electron chi connectivity index (χ2n) is 11.9. The number of aryl methyl sites for hydroxylation is 1. The lowest BCUT2D eigenvalue weighted by Gasteiger charge is -2.31. The molecule has 2 aliphatic heterocycles. The number of fused-ring (bicyclic) bond motifs is 1. The van der Waals surface area contributed by atoms with Crippen LogP contribution < -0.4 is 14.7 Å². The van der Waals surface area contributed by atoms with Gasteiger partial charge in [0.15, 0.2) is 0 Å². The molecule has 0 bridgehead atoms. The topological polar surface area (TPSA) is 116 Å². The number of rotatable bonds is 10. The molecule has 2 aromatic heterocycles. The smallest absolute Gasteiger partial charge is 0.416 e. The van der Waals surface area contributed by atoms with E-state index in [9.17, 15) is 32.3 Å². The zero-order valence-corrected chi connectivity index (χ0v) is 28.3. The van der Waals surface area contributed by atoms with E-state index in [0.29, 0.717) is 22.1 Å². The highest BCUT2D eigenvalue weighted by Crippen LogP contribution is 2.39. The van der Waals surface area contributed by atoms with Crippen molar-refractivity contribution in [2.24, 2.45) is 0 Å².